The van der Waals surface area contributed by atoms with E-state index >= 15 is 0 Å². The van der Waals surface area contributed by atoms with E-state index < -0.39 is 62.3 Å². The summed E-state index contributed by atoms with van der Waals surface area (Å²) in [5.41, 5.74) is -0.376. The molecule has 0 aliphatic carbocycles. The monoisotopic (exact) mass is 1090 g/mol. The van der Waals surface area contributed by atoms with Gasteiger partial charge in [0.15, 0.2) is 17.7 Å². The highest BCUT2D eigenvalue weighted by atomic mass is 16.6. The summed E-state index contributed by atoms with van der Waals surface area (Å²) in [6.07, 6.45) is -1.02. The molecule has 0 spiro atoms. The van der Waals surface area contributed by atoms with E-state index in [1.54, 1.807) is 12.1 Å². The van der Waals surface area contributed by atoms with Crippen molar-refractivity contribution in [1.29, 1.82) is 0 Å². The third kappa shape index (κ3) is 35.7. The lowest BCUT2D eigenvalue weighted by atomic mass is 10.2. The molecular weight excluding hydrogens is 1010 g/mol. The largest absolute Gasteiger partial charge is 0.487 e. The Bertz CT molecular complexity index is 1750. The second-order valence-electron chi connectivity index (χ2n) is 20.2. The number of carboxylic acid groups (broad SMARTS) is 3. The van der Waals surface area contributed by atoms with Crippen LogP contribution >= 0.6 is 0 Å². The highest BCUT2D eigenvalue weighted by Crippen LogP contribution is 2.39. The predicted octanol–water partition coefficient (Wildman–Crippen LogP) is 2.45. The van der Waals surface area contributed by atoms with Gasteiger partial charge in [-0.3, -0.25) is 38.7 Å². The van der Waals surface area contributed by atoms with Crippen LogP contribution < -0.4 is 14.2 Å². The Labute approximate surface area is 447 Å². The summed E-state index contributed by atoms with van der Waals surface area (Å²) < 4.78 is 80.8. The fourth-order valence-electron chi connectivity index (χ4n) is 6.64. The van der Waals surface area contributed by atoms with Crippen LogP contribution in [0.1, 0.15) is 67.9 Å². The first-order valence-corrected chi connectivity index (χ1v) is 25.5. The van der Waals surface area contributed by atoms with E-state index in [0.29, 0.717) is 84.8 Å². The number of rotatable bonds is 45. The lowest BCUT2D eigenvalue weighted by molar-refractivity contribution is -0.148. The summed E-state index contributed by atoms with van der Waals surface area (Å²) in [5, 5.41) is 28.2. The third-order valence-corrected chi connectivity index (χ3v) is 9.88. The van der Waals surface area contributed by atoms with Gasteiger partial charge in [-0.2, -0.15) is 0 Å². The van der Waals surface area contributed by atoms with Gasteiger partial charge in [0.2, 0.25) is 5.75 Å². The number of aliphatic carboxylic acids is 3. The molecule has 1 saturated heterocycles. The van der Waals surface area contributed by atoms with Gasteiger partial charge in [0.25, 0.3) is 0 Å². The smallest absolute Gasteiger partial charge is 0.321 e. The van der Waals surface area contributed by atoms with Gasteiger partial charge in [0.05, 0.1) is 155 Å². The van der Waals surface area contributed by atoms with Crippen LogP contribution in [-0.4, -0.2) is 254 Å². The number of carboxylic acids is 3. The maximum absolute atomic E-state index is 13.4. The minimum Gasteiger partial charge on any atom is -0.487 e. The van der Waals surface area contributed by atoms with E-state index in [0.717, 1.165) is 4.90 Å². The van der Waals surface area contributed by atoms with E-state index in [9.17, 15) is 39.3 Å². The summed E-state index contributed by atoms with van der Waals surface area (Å²) in [6.45, 7) is 19.9. The highest BCUT2D eigenvalue weighted by molar-refractivity contribution is 5.75. The van der Waals surface area contributed by atoms with Crippen molar-refractivity contribution in [2.45, 2.75) is 92.0 Å². The first-order chi connectivity index (χ1) is 35.9. The molecular formula is C51H87N3O22. The maximum atomic E-state index is 13.4. The first kappa shape index (κ1) is 67.6. The van der Waals surface area contributed by atoms with Crippen LogP contribution in [0.5, 0.6) is 17.2 Å². The fourth-order valence-corrected chi connectivity index (χ4v) is 6.64. The number of ether oxygens (including phenoxy) is 14. The highest BCUT2D eigenvalue weighted by Gasteiger charge is 2.35. The zero-order valence-corrected chi connectivity index (χ0v) is 46.3. The minimum absolute atomic E-state index is 0.00596. The van der Waals surface area contributed by atoms with Crippen LogP contribution in [0.3, 0.4) is 0 Å². The fraction of sp³-hybridized carbons (Fsp3) is 0.784. The number of benzene rings is 1. The number of carbonyl (C=O) groups excluding carboxylic acids is 2. The van der Waals surface area contributed by atoms with Crippen LogP contribution in [-0.2, 0) is 82.7 Å². The molecule has 25 nitrogen and oxygen atoms in total. The van der Waals surface area contributed by atoms with Crippen LogP contribution in [0.4, 0.5) is 0 Å². The molecule has 0 radical (unpaired) electrons. The van der Waals surface area contributed by atoms with Crippen molar-refractivity contribution in [1.82, 2.24) is 14.7 Å². The second-order valence-corrected chi connectivity index (χ2v) is 20.2. The van der Waals surface area contributed by atoms with Gasteiger partial charge < -0.3 is 81.6 Å². The quantitative estimate of drug-likeness (QED) is 0.0625. The lowest BCUT2D eigenvalue weighted by Crippen LogP contribution is -2.47. The van der Waals surface area contributed by atoms with Gasteiger partial charge in [-0.05, 0) is 80.0 Å². The van der Waals surface area contributed by atoms with Crippen LogP contribution in [0, 0.1) is 0 Å². The van der Waals surface area contributed by atoms with Crippen LogP contribution in [0.2, 0.25) is 0 Å². The number of hydrogen-bond acceptors (Lipinski definition) is 22. The Hall–Kier alpha value is -4.51. The number of cyclic esters (lactones) is 1. The summed E-state index contributed by atoms with van der Waals surface area (Å²) >= 11 is 0. The second kappa shape index (κ2) is 37.3. The van der Waals surface area contributed by atoms with Gasteiger partial charge in [0.1, 0.15) is 26.4 Å². The molecule has 1 heterocycles. The van der Waals surface area contributed by atoms with E-state index in [2.05, 4.69) is 0 Å². The molecule has 0 aromatic heterocycles. The minimum atomic E-state index is -1.28. The van der Waals surface area contributed by atoms with Crippen molar-refractivity contribution in [2.75, 3.05) is 171 Å². The molecule has 1 unspecified atom stereocenters. The first-order valence-electron chi connectivity index (χ1n) is 25.5. The number of hydrogen-bond donors (Lipinski definition) is 3. The molecule has 25 heteroatoms. The summed E-state index contributed by atoms with van der Waals surface area (Å²) in [7, 11) is 0. The topological polar surface area (TPSA) is 285 Å². The van der Waals surface area contributed by atoms with E-state index in [4.69, 9.17) is 66.3 Å². The molecule has 1 aliphatic rings. The van der Waals surface area contributed by atoms with Crippen molar-refractivity contribution in [3.63, 3.8) is 0 Å². The van der Waals surface area contributed by atoms with E-state index in [1.165, 1.54) is 9.80 Å². The molecule has 438 valence electrons. The third-order valence-electron chi connectivity index (χ3n) is 9.88. The zero-order valence-electron chi connectivity index (χ0n) is 46.3. The molecule has 1 aromatic rings. The van der Waals surface area contributed by atoms with Gasteiger partial charge in [-0.1, -0.05) is 0 Å². The normalized spacial score (nSPS) is 14.4. The summed E-state index contributed by atoms with van der Waals surface area (Å²) in [6, 6.07) is 3.24. The molecule has 1 aromatic carbocycles. The van der Waals surface area contributed by atoms with Crippen molar-refractivity contribution < 1.29 is 106 Å². The van der Waals surface area contributed by atoms with E-state index in [-0.39, 0.29) is 106 Å². The van der Waals surface area contributed by atoms with Gasteiger partial charge >= 0.3 is 29.8 Å². The van der Waals surface area contributed by atoms with Crippen LogP contribution in [0.25, 0.3) is 0 Å². The molecule has 2 rings (SSSR count). The van der Waals surface area contributed by atoms with Crippen molar-refractivity contribution in [3.05, 3.63) is 17.7 Å². The molecule has 0 amide bonds. The van der Waals surface area contributed by atoms with Gasteiger partial charge in [0, 0.05) is 13.1 Å². The number of nitrogens with zero attached hydrogens (tertiary/aromatic N) is 3. The molecule has 0 saturated carbocycles. The summed E-state index contributed by atoms with van der Waals surface area (Å²) in [4.78, 5) is 64.2. The molecule has 1 fully saturated rings. The van der Waals surface area contributed by atoms with E-state index in [1.807, 2.05) is 62.3 Å². The SMILES string of the molecule is CC(C)(C)OCCOCCOCCOc1cc(COC(=O)CN(CCN2CC(=O)OC2CN(CC(=O)O)CC(=O)O)CC(=O)O)cc(OCCOCCOCCOC(C)(C)C)c1OCCOCCOCCOC(C)(C)C. The Balaban J connectivity index is 2.22. The number of esters is 2. The average molecular weight is 1090 g/mol. The molecule has 1 atom stereocenters. The van der Waals surface area contributed by atoms with Gasteiger partial charge in [-0.25, -0.2) is 0 Å². The Morgan fingerprint density at radius 3 is 1.30 bits per heavy atom. The van der Waals surface area contributed by atoms with Crippen molar-refractivity contribution in [3.8, 4) is 17.2 Å². The molecule has 76 heavy (non-hydrogen) atoms. The Kier molecular flexibility index (Phi) is 33.2. The maximum Gasteiger partial charge on any atom is 0.321 e. The summed E-state index contributed by atoms with van der Waals surface area (Å²) in [5.74, 6) is -4.49. The zero-order chi connectivity index (χ0) is 56.4. The lowest BCUT2D eigenvalue weighted by Gasteiger charge is -2.28. The Morgan fingerprint density at radius 2 is 0.908 bits per heavy atom. The molecule has 3 N–H and O–H groups in total. The van der Waals surface area contributed by atoms with Crippen molar-refractivity contribution in [2.24, 2.45) is 0 Å². The Morgan fingerprint density at radius 1 is 0.539 bits per heavy atom. The average Bonchev–Trinajstić information content (AvgIpc) is 3.65. The van der Waals surface area contributed by atoms with Crippen molar-refractivity contribution >= 4 is 29.8 Å². The van der Waals surface area contributed by atoms with Crippen LogP contribution in [0.15, 0.2) is 12.1 Å². The standard InChI is InChI=1S/C51H87N3O22/c1-49(2,3)73-27-21-66-15-12-63-18-24-69-40-30-39(38-72-46(61)36-52(33-43(55)56)10-11-54-37-47(62)76-42(54)32-53(34-44(57)58)35-45(59)60)31-41(70-25-19-64-13-16-67-22-28-74-50(4,5)6)48(40)71-26-20-65-14-17-68-23-29-75-51(7,8)9/h30-31,42H,10-29,32-38H2,1-9H3,(H,55,56)(H,57,58)(H,59,60). The number of carbonyl (C=O) groups is 5. The van der Waals surface area contributed by atoms with Gasteiger partial charge in [-0.15, -0.1) is 0 Å². The molecule has 0 bridgehead atoms. The predicted molar refractivity (Wildman–Crippen MR) is 272 cm³/mol. The molecule has 1 aliphatic heterocycles.